The van der Waals surface area contributed by atoms with Crippen molar-refractivity contribution in [2.75, 3.05) is 30.8 Å². The molecule has 0 saturated carbocycles. The Labute approximate surface area is 108 Å². The van der Waals surface area contributed by atoms with Crippen molar-refractivity contribution in [3.63, 3.8) is 0 Å². The fourth-order valence-corrected chi connectivity index (χ4v) is 2.78. The number of hydrogen-bond donors (Lipinski definition) is 1. The Bertz CT molecular complexity index is 473. The van der Waals surface area contributed by atoms with Crippen molar-refractivity contribution in [2.45, 2.75) is 12.8 Å². The second kappa shape index (κ2) is 6.61. The maximum Gasteiger partial charge on any atom is 0.234 e. The molecule has 0 unspecified atom stereocenters. The van der Waals surface area contributed by atoms with Gasteiger partial charge < -0.3 is 9.84 Å². The van der Waals surface area contributed by atoms with Crippen LogP contribution in [0.1, 0.15) is 12.8 Å². The number of sulfonamides is 1. The van der Waals surface area contributed by atoms with Crippen LogP contribution in [0, 0.1) is 0 Å². The van der Waals surface area contributed by atoms with Crippen LogP contribution in [-0.2, 0) is 10.0 Å². The quantitative estimate of drug-likeness (QED) is 0.759. The summed E-state index contributed by atoms with van der Waals surface area (Å²) in [5, 5.41) is 8.66. The van der Waals surface area contributed by atoms with E-state index in [1.807, 2.05) is 0 Å². The van der Waals surface area contributed by atoms with Crippen molar-refractivity contribution in [3.8, 4) is 5.75 Å². The van der Waals surface area contributed by atoms with Crippen LogP contribution in [-0.4, -0.2) is 40.0 Å². The molecule has 102 valence electrons. The lowest BCUT2D eigenvalue weighted by Crippen LogP contribution is -2.29. The minimum absolute atomic E-state index is 0.0123. The highest BCUT2D eigenvalue weighted by atomic mass is 32.2. The van der Waals surface area contributed by atoms with Crippen LogP contribution in [0.25, 0.3) is 0 Å². The average molecular weight is 273 g/mol. The fourth-order valence-electron chi connectivity index (χ4n) is 1.50. The van der Waals surface area contributed by atoms with E-state index in [1.165, 1.54) is 18.5 Å². The number of aliphatic hydroxyl groups is 1. The SMILES string of the molecule is COc1cccc(N(C)S(=O)(=O)CCCCO)c1. The molecule has 1 rings (SSSR count). The number of unbranched alkanes of at least 4 members (excludes halogenated alkanes) is 1. The largest absolute Gasteiger partial charge is 0.497 e. The summed E-state index contributed by atoms with van der Waals surface area (Å²) in [5.74, 6) is 0.645. The molecular weight excluding hydrogens is 254 g/mol. The van der Waals surface area contributed by atoms with Crippen LogP contribution in [0.5, 0.6) is 5.75 Å². The summed E-state index contributed by atoms with van der Waals surface area (Å²) in [6.07, 6.45) is 0.943. The number of nitrogens with zero attached hydrogens (tertiary/aromatic N) is 1. The molecule has 0 saturated heterocycles. The predicted molar refractivity (Wildman–Crippen MR) is 71.5 cm³/mol. The zero-order chi connectivity index (χ0) is 13.6. The highest BCUT2D eigenvalue weighted by Crippen LogP contribution is 2.22. The number of rotatable bonds is 7. The smallest absolute Gasteiger partial charge is 0.234 e. The van der Waals surface area contributed by atoms with Gasteiger partial charge in [-0.25, -0.2) is 8.42 Å². The molecule has 0 fully saturated rings. The molecule has 0 heterocycles. The van der Waals surface area contributed by atoms with Gasteiger partial charge in [0.25, 0.3) is 0 Å². The summed E-state index contributed by atoms with van der Waals surface area (Å²) in [7, 11) is -0.290. The Hall–Kier alpha value is -1.27. The first-order chi connectivity index (χ1) is 8.51. The fraction of sp³-hybridized carbons (Fsp3) is 0.500. The zero-order valence-corrected chi connectivity index (χ0v) is 11.5. The average Bonchev–Trinajstić information content (AvgIpc) is 2.38. The molecule has 1 aromatic carbocycles. The van der Waals surface area contributed by atoms with Crippen molar-refractivity contribution in [3.05, 3.63) is 24.3 Å². The highest BCUT2D eigenvalue weighted by Gasteiger charge is 2.18. The first-order valence-corrected chi connectivity index (χ1v) is 7.33. The van der Waals surface area contributed by atoms with Crippen molar-refractivity contribution in [2.24, 2.45) is 0 Å². The maximum atomic E-state index is 12.0. The molecule has 0 atom stereocenters. The van der Waals surface area contributed by atoms with Gasteiger partial charge in [0.2, 0.25) is 10.0 Å². The predicted octanol–water partition coefficient (Wildman–Crippen LogP) is 1.23. The summed E-state index contributed by atoms with van der Waals surface area (Å²) in [5.41, 5.74) is 0.568. The Morgan fingerprint density at radius 2 is 2.06 bits per heavy atom. The van der Waals surface area contributed by atoms with E-state index in [-0.39, 0.29) is 12.4 Å². The van der Waals surface area contributed by atoms with Crippen molar-refractivity contribution >= 4 is 15.7 Å². The lowest BCUT2D eigenvalue weighted by molar-refractivity contribution is 0.287. The molecule has 0 aromatic heterocycles. The van der Waals surface area contributed by atoms with Crippen LogP contribution in [0.2, 0.25) is 0 Å². The number of benzene rings is 1. The summed E-state index contributed by atoms with van der Waals surface area (Å²) >= 11 is 0. The minimum Gasteiger partial charge on any atom is -0.497 e. The number of ether oxygens (including phenoxy) is 1. The summed E-state index contributed by atoms with van der Waals surface area (Å²) in [6.45, 7) is 0.0123. The molecule has 1 N–H and O–H groups in total. The Balaban J connectivity index is 2.81. The van der Waals surface area contributed by atoms with Crippen molar-refractivity contribution < 1.29 is 18.3 Å². The topological polar surface area (TPSA) is 66.8 Å². The third-order valence-corrected chi connectivity index (χ3v) is 4.49. The number of aliphatic hydroxyl groups excluding tert-OH is 1. The third kappa shape index (κ3) is 3.89. The maximum absolute atomic E-state index is 12.0. The zero-order valence-electron chi connectivity index (χ0n) is 10.7. The van der Waals surface area contributed by atoms with Crippen LogP contribution in [0.15, 0.2) is 24.3 Å². The summed E-state index contributed by atoms with van der Waals surface area (Å²) < 4.78 is 30.3. The van der Waals surface area contributed by atoms with E-state index in [9.17, 15) is 8.42 Å². The van der Waals surface area contributed by atoms with E-state index in [4.69, 9.17) is 9.84 Å². The van der Waals surface area contributed by atoms with Gasteiger partial charge in [0.1, 0.15) is 5.75 Å². The lowest BCUT2D eigenvalue weighted by atomic mass is 10.3. The molecule has 6 heteroatoms. The molecular formula is C12H19NO4S. The van der Waals surface area contributed by atoms with Gasteiger partial charge in [-0.15, -0.1) is 0 Å². The van der Waals surface area contributed by atoms with Gasteiger partial charge in [-0.05, 0) is 25.0 Å². The van der Waals surface area contributed by atoms with E-state index in [2.05, 4.69) is 0 Å². The molecule has 0 spiro atoms. The summed E-state index contributed by atoms with van der Waals surface area (Å²) in [6, 6.07) is 6.89. The van der Waals surface area contributed by atoms with Gasteiger partial charge in [-0.3, -0.25) is 4.31 Å². The Kier molecular flexibility index (Phi) is 5.43. The molecule has 18 heavy (non-hydrogen) atoms. The van der Waals surface area contributed by atoms with Gasteiger partial charge in [-0.1, -0.05) is 6.07 Å². The van der Waals surface area contributed by atoms with E-state index < -0.39 is 10.0 Å². The minimum atomic E-state index is -3.34. The van der Waals surface area contributed by atoms with Gasteiger partial charge >= 0.3 is 0 Å². The number of methoxy groups -OCH3 is 1. The van der Waals surface area contributed by atoms with E-state index >= 15 is 0 Å². The molecule has 0 aliphatic carbocycles. The second-order valence-corrected chi connectivity index (χ2v) is 6.04. The van der Waals surface area contributed by atoms with Crippen molar-refractivity contribution in [1.29, 1.82) is 0 Å². The first-order valence-electron chi connectivity index (χ1n) is 5.73. The standard InChI is InChI=1S/C12H19NO4S/c1-13(18(15,16)9-4-3-8-14)11-6-5-7-12(10-11)17-2/h5-7,10,14H,3-4,8-9H2,1-2H3. The molecule has 0 aliphatic heterocycles. The van der Waals surface area contributed by atoms with Crippen LogP contribution >= 0.6 is 0 Å². The Morgan fingerprint density at radius 1 is 1.33 bits per heavy atom. The lowest BCUT2D eigenvalue weighted by Gasteiger charge is -2.19. The second-order valence-electron chi connectivity index (χ2n) is 3.92. The molecule has 5 nitrogen and oxygen atoms in total. The molecule has 0 radical (unpaired) electrons. The number of hydrogen-bond acceptors (Lipinski definition) is 4. The summed E-state index contributed by atoms with van der Waals surface area (Å²) in [4.78, 5) is 0. The van der Waals surface area contributed by atoms with E-state index in [0.29, 0.717) is 24.3 Å². The highest BCUT2D eigenvalue weighted by molar-refractivity contribution is 7.92. The van der Waals surface area contributed by atoms with Gasteiger partial charge in [0, 0.05) is 19.7 Å². The van der Waals surface area contributed by atoms with Gasteiger partial charge in [-0.2, -0.15) is 0 Å². The van der Waals surface area contributed by atoms with E-state index in [0.717, 1.165) is 0 Å². The molecule has 0 bridgehead atoms. The Morgan fingerprint density at radius 3 is 2.67 bits per heavy atom. The van der Waals surface area contributed by atoms with Gasteiger partial charge in [0.15, 0.2) is 0 Å². The first kappa shape index (κ1) is 14.8. The van der Waals surface area contributed by atoms with Crippen LogP contribution in [0.4, 0.5) is 5.69 Å². The monoisotopic (exact) mass is 273 g/mol. The third-order valence-electron chi connectivity index (χ3n) is 2.64. The van der Waals surface area contributed by atoms with Gasteiger partial charge in [0.05, 0.1) is 18.6 Å². The number of anilines is 1. The van der Waals surface area contributed by atoms with Crippen LogP contribution < -0.4 is 9.04 Å². The molecule has 0 aliphatic rings. The van der Waals surface area contributed by atoms with E-state index in [1.54, 1.807) is 24.3 Å². The van der Waals surface area contributed by atoms with Crippen LogP contribution in [0.3, 0.4) is 0 Å². The molecule has 0 amide bonds. The molecule has 1 aromatic rings. The normalized spacial score (nSPS) is 11.3. The van der Waals surface area contributed by atoms with Crippen molar-refractivity contribution in [1.82, 2.24) is 0 Å².